The minimum Gasteiger partial charge on any atom is -0.481 e. The zero-order chi connectivity index (χ0) is 13.5. The summed E-state index contributed by atoms with van der Waals surface area (Å²) in [4.78, 5) is 11.7. The summed E-state index contributed by atoms with van der Waals surface area (Å²) in [5, 5.41) is 18.0. The van der Waals surface area contributed by atoms with E-state index in [0.29, 0.717) is 12.5 Å². The number of carboxylic acid groups (broad SMARTS) is 1. The summed E-state index contributed by atoms with van der Waals surface area (Å²) >= 11 is 0. The number of aromatic nitrogens is 3. The van der Waals surface area contributed by atoms with Gasteiger partial charge < -0.3 is 9.67 Å². The van der Waals surface area contributed by atoms with Crippen LogP contribution in [0.25, 0.3) is 0 Å². The summed E-state index contributed by atoms with van der Waals surface area (Å²) in [6.07, 6.45) is 7.63. The van der Waals surface area contributed by atoms with Crippen LogP contribution in [0.15, 0.2) is 0 Å². The van der Waals surface area contributed by atoms with Crippen molar-refractivity contribution in [3.63, 3.8) is 0 Å². The summed E-state index contributed by atoms with van der Waals surface area (Å²) in [6.45, 7) is 1.96. The molecule has 1 N–H and O–H groups in total. The monoisotopic (exact) mass is 263 g/mol. The number of aryl methyl sites for hydroxylation is 1. The molecule has 0 aromatic carbocycles. The van der Waals surface area contributed by atoms with Gasteiger partial charge in [-0.3, -0.25) is 4.79 Å². The standard InChI is InChI=1S/C14H21N3O2/c1-10-15-16-12(17(10)11-5-6-11)9-14(13(18)19)7-3-2-4-8-14/h11H,2-9H2,1H3,(H,18,19). The van der Waals surface area contributed by atoms with Gasteiger partial charge in [-0.1, -0.05) is 19.3 Å². The van der Waals surface area contributed by atoms with E-state index in [4.69, 9.17) is 0 Å². The summed E-state index contributed by atoms with van der Waals surface area (Å²) in [6, 6.07) is 0.513. The van der Waals surface area contributed by atoms with E-state index in [1.54, 1.807) is 0 Å². The molecule has 104 valence electrons. The first kappa shape index (κ1) is 12.6. The highest BCUT2D eigenvalue weighted by Crippen LogP contribution is 2.42. The Hall–Kier alpha value is -1.39. The Kier molecular flexibility index (Phi) is 3.07. The lowest BCUT2D eigenvalue weighted by Gasteiger charge is -2.32. The predicted molar refractivity (Wildman–Crippen MR) is 69.9 cm³/mol. The van der Waals surface area contributed by atoms with Gasteiger partial charge >= 0.3 is 5.97 Å². The Bertz CT molecular complexity index is 485. The Morgan fingerprint density at radius 2 is 2.00 bits per heavy atom. The summed E-state index contributed by atoms with van der Waals surface area (Å²) < 4.78 is 2.17. The third-order valence-electron chi connectivity index (χ3n) is 4.61. The quantitative estimate of drug-likeness (QED) is 0.906. The number of hydrogen-bond acceptors (Lipinski definition) is 3. The Labute approximate surface area is 113 Å². The minimum atomic E-state index is -0.657. The second-order valence-corrected chi connectivity index (χ2v) is 6.09. The molecule has 2 aliphatic rings. The molecule has 0 aliphatic heterocycles. The molecule has 1 aromatic heterocycles. The maximum atomic E-state index is 11.7. The molecule has 0 bridgehead atoms. The van der Waals surface area contributed by atoms with Crippen molar-refractivity contribution in [1.82, 2.24) is 14.8 Å². The fourth-order valence-corrected chi connectivity index (χ4v) is 3.34. The topological polar surface area (TPSA) is 68.0 Å². The molecular weight excluding hydrogens is 242 g/mol. The molecule has 0 saturated heterocycles. The molecule has 2 aliphatic carbocycles. The van der Waals surface area contributed by atoms with E-state index in [0.717, 1.165) is 43.8 Å². The molecule has 2 saturated carbocycles. The van der Waals surface area contributed by atoms with E-state index < -0.39 is 11.4 Å². The average molecular weight is 263 g/mol. The Morgan fingerprint density at radius 1 is 1.32 bits per heavy atom. The van der Waals surface area contributed by atoms with E-state index in [9.17, 15) is 9.90 Å². The zero-order valence-corrected chi connectivity index (χ0v) is 11.4. The Morgan fingerprint density at radius 3 is 2.58 bits per heavy atom. The molecule has 0 unspecified atom stereocenters. The second-order valence-electron chi connectivity index (χ2n) is 6.09. The smallest absolute Gasteiger partial charge is 0.310 e. The second kappa shape index (κ2) is 4.62. The molecule has 0 spiro atoms. The van der Waals surface area contributed by atoms with E-state index in [1.165, 1.54) is 12.8 Å². The van der Waals surface area contributed by atoms with E-state index >= 15 is 0 Å². The molecule has 3 rings (SSSR count). The molecule has 0 amide bonds. The fraction of sp³-hybridized carbons (Fsp3) is 0.786. The van der Waals surface area contributed by atoms with Crippen LogP contribution in [0.5, 0.6) is 0 Å². The normalized spacial score (nSPS) is 22.4. The first-order valence-corrected chi connectivity index (χ1v) is 7.26. The van der Waals surface area contributed by atoms with Crippen LogP contribution >= 0.6 is 0 Å². The van der Waals surface area contributed by atoms with Gasteiger partial charge in [-0.25, -0.2) is 0 Å². The Balaban J connectivity index is 1.88. The highest BCUT2D eigenvalue weighted by atomic mass is 16.4. The lowest BCUT2D eigenvalue weighted by atomic mass is 9.71. The largest absolute Gasteiger partial charge is 0.481 e. The van der Waals surface area contributed by atoms with Crippen LogP contribution in [0, 0.1) is 12.3 Å². The number of carbonyl (C=O) groups is 1. The van der Waals surface area contributed by atoms with Crippen molar-refractivity contribution >= 4 is 5.97 Å². The van der Waals surface area contributed by atoms with Crippen LogP contribution in [-0.2, 0) is 11.2 Å². The number of carboxylic acids is 1. The molecule has 19 heavy (non-hydrogen) atoms. The van der Waals surface area contributed by atoms with Crippen molar-refractivity contribution in [2.45, 2.75) is 64.3 Å². The van der Waals surface area contributed by atoms with Gasteiger partial charge in [0.2, 0.25) is 0 Å². The summed E-state index contributed by atoms with van der Waals surface area (Å²) in [7, 11) is 0. The highest BCUT2D eigenvalue weighted by Gasteiger charge is 2.42. The van der Waals surface area contributed by atoms with Gasteiger partial charge in [0.1, 0.15) is 11.6 Å². The number of hydrogen-bond donors (Lipinski definition) is 1. The molecule has 0 atom stereocenters. The molecule has 5 heteroatoms. The summed E-state index contributed by atoms with van der Waals surface area (Å²) in [5.41, 5.74) is -0.607. The number of rotatable bonds is 4. The number of nitrogens with zero attached hydrogens (tertiary/aromatic N) is 3. The van der Waals surface area contributed by atoms with Gasteiger partial charge in [0.15, 0.2) is 0 Å². The van der Waals surface area contributed by atoms with Gasteiger partial charge in [-0.05, 0) is 32.6 Å². The van der Waals surface area contributed by atoms with Crippen LogP contribution in [0.4, 0.5) is 0 Å². The highest BCUT2D eigenvalue weighted by molar-refractivity contribution is 5.75. The van der Waals surface area contributed by atoms with Gasteiger partial charge in [-0.15, -0.1) is 10.2 Å². The lowest BCUT2D eigenvalue weighted by molar-refractivity contribution is -0.151. The van der Waals surface area contributed by atoms with E-state index in [2.05, 4.69) is 14.8 Å². The van der Waals surface area contributed by atoms with Crippen molar-refractivity contribution in [3.05, 3.63) is 11.6 Å². The van der Waals surface area contributed by atoms with Crippen molar-refractivity contribution in [2.24, 2.45) is 5.41 Å². The van der Waals surface area contributed by atoms with Crippen molar-refractivity contribution < 1.29 is 9.90 Å². The minimum absolute atomic E-state index is 0.513. The molecule has 1 aromatic rings. The third kappa shape index (κ3) is 2.26. The zero-order valence-electron chi connectivity index (χ0n) is 11.4. The van der Waals surface area contributed by atoms with E-state index in [-0.39, 0.29) is 0 Å². The van der Waals surface area contributed by atoms with Gasteiger partial charge in [0.25, 0.3) is 0 Å². The molecule has 0 radical (unpaired) electrons. The lowest BCUT2D eigenvalue weighted by Crippen LogP contribution is -2.36. The maximum Gasteiger partial charge on any atom is 0.310 e. The number of aliphatic carboxylic acids is 1. The maximum absolute atomic E-state index is 11.7. The summed E-state index contributed by atoms with van der Waals surface area (Å²) in [5.74, 6) is 1.15. The molecule has 5 nitrogen and oxygen atoms in total. The average Bonchev–Trinajstić information content (AvgIpc) is 3.16. The van der Waals surface area contributed by atoms with Crippen LogP contribution < -0.4 is 0 Å². The first-order valence-electron chi connectivity index (χ1n) is 7.26. The van der Waals surface area contributed by atoms with Crippen molar-refractivity contribution in [1.29, 1.82) is 0 Å². The fourth-order valence-electron chi connectivity index (χ4n) is 3.34. The van der Waals surface area contributed by atoms with Crippen LogP contribution in [-0.4, -0.2) is 25.8 Å². The van der Waals surface area contributed by atoms with Crippen molar-refractivity contribution in [3.8, 4) is 0 Å². The molecule has 2 fully saturated rings. The van der Waals surface area contributed by atoms with Crippen molar-refractivity contribution in [2.75, 3.05) is 0 Å². The SMILES string of the molecule is Cc1nnc(CC2(C(=O)O)CCCCC2)n1C1CC1. The third-order valence-corrected chi connectivity index (χ3v) is 4.61. The van der Waals surface area contributed by atoms with Crippen LogP contribution in [0.1, 0.15) is 62.6 Å². The van der Waals surface area contributed by atoms with Gasteiger partial charge in [0, 0.05) is 12.5 Å². The van der Waals surface area contributed by atoms with Crippen LogP contribution in [0.3, 0.4) is 0 Å². The van der Waals surface area contributed by atoms with Gasteiger partial charge in [0.05, 0.1) is 5.41 Å². The molecule has 1 heterocycles. The first-order chi connectivity index (χ1) is 9.12. The predicted octanol–water partition coefficient (Wildman–Crippen LogP) is 2.50. The van der Waals surface area contributed by atoms with Gasteiger partial charge in [-0.2, -0.15) is 0 Å². The van der Waals surface area contributed by atoms with E-state index in [1.807, 2.05) is 6.92 Å². The molecular formula is C14H21N3O2. The van der Waals surface area contributed by atoms with Crippen LogP contribution in [0.2, 0.25) is 0 Å².